The largest absolute Gasteiger partial charge is 0.313 e. The molecule has 2 heteroatoms. The molecule has 0 aromatic carbocycles. The molecule has 0 heterocycles. The Kier molecular flexibility index (Phi) is 7.92. The van der Waals surface area contributed by atoms with E-state index in [4.69, 9.17) is 0 Å². The van der Waals surface area contributed by atoms with Crippen molar-refractivity contribution in [2.24, 2.45) is 11.8 Å². The van der Waals surface area contributed by atoms with Gasteiger partial charge in [-0.05, 0) is 57.4 Å². The summed E-state index contributed by atoms with van der Waals surface area (Å²) in [5, 5.41) is 3.68. The Morgan fingerprint density at radius 2 is 1.83 bits per heavy atom. The third-order valence-electron chi connectivity index (χ3n) is 3.85. The average molecular weight is 254 g/mol. The van der Waals surface area contributed by atoms with Crippen LogP contribution in [0.15, 0.2) is 0 Å². The molecule has 1 unspecified atom stereocenters. The second-order valence-electron chi connectivity index (χ2n) is 6.57. The SMILES string of the molecule is CCCN(CCNC(C)CCC(C)C)CC1CC1. The van der Waals surface area contributed by atoms with Crippen LogP contribution < -0.4 is 5.32 Å². The summed E-state index contributed by atoms with van der Waals surface area (Å²) < 4.78 is 0. The van der Waals surface area contributed by atoms with Crippen LogP contribution >= 0.6 is 0 Å². The summed E-state index contributed by atoms with van der Waals surface area (Å²) in [6.45, 7) is 14.2. The van der Waals surface area contributed by atoms with Gasteiger partial charge in [0, 0.05) is 25.7 Å². The molecule has 0 aliphatic heterocycles. The van der Waals surface area contributed by atoms with E-state index in [0.29, 0.717) is 6.04 Å². The van der Waals surface area contributed by atoms with Crippen LogP contribution in [0.3, 0.4) is 0 Å². The van der Waals surface area contributed by atoms with Crippen molar-refractivity contribution in [2.75, 3.05) is 26.2 Å². The van der Waals surface area contributed by atoms with Gasteiger partial charge in [0.25, 0.3) is 0 Å². The fourth-order valence-corrected chi connectivity index (χ4v) is 2.43. The van der Waals surface area contributed by atoms with E-state index in [1.807, 2.05) is 0 Å². The van der Waals surface area contributed by atoms with Crippen molar-refractivity contribution in [3.8, 4) is 0 Å². The van der Waals surface area contributed by atoms with Crippen LogP contribution in [0.2, 0.25) is 0 Å². The monoisotopic (exact) mass is 254 g/mol. The molecule has 1 aliphatic rings. The zero-order chi connectivity index (χ0) is 13.4. The number of hydrogen-bond acceptors (Lipinski definition) is 2. The normalized spacial score (nSPS) is 17.7. The standard InChI is InChI=1S/C16H34N2/c1-5-11-18(13-16-8-9-16)12-10-17-15(4)7-6-14(2)3/h14-17H,5-13H2,1-4H3. The predicted molar refractivity (Wildman–Crippen MR) is 81.0 cm³/mol. The van der Waals surface area contributed by atoms with Gasteiger partial charge in [-0.25, -0.2) is 0 Å². The molecule has 1 fully saturated rings. The number of hydrogen-bond donors (Lipinski definition) is 1. The third kappa shape index (κ3) is 8.10. The summed E-state index contributed by atoms with van der Waals surface area (Å²) in [6, 6.07) is 0.678. The van der Waals surface area contributed by atoms with E-state index in [0.717, 1.165) is 18.4 Å². The Morgan fingerprint density at radius 1 is 1.11 bits per heavy atom. The highest BCUT2D eigenvalue weighted by atomic mass is 15.1. The topological polar surface area (TPSA) is 15.3 Å². The van der Waals surface area contributed by atoms with Crippen molar-refractivity contribution >= 4 is 0 Å². The number of nitrogens with zero attached hydrogens (tertiary/aromatic N) is 1. The van der Waals surface area contributed by atoms with Gasteiger partial charge in [0.1, 0.15) is 0 Å². The van der Waals surface area contributed by atoms with Crippen LogP contribution in [-0.2, 0) is 0 Å². The Bertz CT molecular complexity index is 199. The Hall–Kier alpha value is -0.0800. The molecule has 1 N–H and O–H groups in total. The van der Waals surface area contributed by atoms with Gasteiger partial charge >= 0.3 is 0 Å². The maximum absolute atomic E-state index is 3.68. The lowest BCUT2D eigenvalue weighted by Gasteiger charge is -2.23. The van der Waals surface area contributed by atoms with Crippen LogP contribution in [0, 0.1) is 11.8 Å². The molecule has 18 heavy (non-hydrogen) atoms. The first kappa shape index (κ1) is 16.0. The smallest absolute Gasteiger partial charge is 0.0107 e. The van der Waals surface area contributed by atoms with Gasteiger partial charge in [-0.1, -0.05) is 20.8 Å². The van der Waals surface area contributed by atoms with E-state index in [9.17, 15) is 0 Å². The van der Waals surface area contributed by atoms with Crippen LogP contribution in [0.25, 0.3) is 0 Å². The number of nitrogens with one attached hydrogen (secondary N) is 1. The molecule has 108 valence electrons. The van der Waals surface area contributed by atoms with Crippen molar-refractivity contribution < 1.29 is 0 Å². The summed E-state index contributed by atoms with van der Waals surface area (Å²) in [5.74, 6) is 1.86. The molecule has 0 saturated heterocycles. The first-order chi connectivity index (χ1) is 8.61. The fourth-order valence-electron chi connectivity index (χ4n) is 2.43. The molecule has 2 nitrogen and oxygen atoms in total. The van der Waals surface area contributed by atoms with E-state index in [-0.39, 0.29) is 0 Å². The molecule has 0 spiro atoms. The highest BCUT2D eigenvalue weighted by Crippen LogP contribution is 2.29. The first-order valence-corrected chi connectivity index (χ1v) is 8.07. The zero-order valence-corrected chi connectivity index (χ0v) is 13.0. The number of rotatable bonds is 11. The summed E-state index contributed by atoms with van der Waals surface area (Å²) in [6.07, 6.45) is 6.88. The van der Waals surface area contributed by atoms with Crippen molar-refractivity contribution in [1.82, 2.24) is 10.2 Å². The maximum atomic E-state index is 3.68. The van der Waals surface area contributed by atoms with E-state index >= 15 is 0 Å². The molecule has 1 aliphatic carbocycles. The minimum absolute atomic E-state index is 0.678. The summed E-state index contributed by atoms with van der Waals surface area (Å²) >= 11 is 0. The molecular formula is C16H34N2. The fraction of sp³-hybridized carbons (Fsp3) is 1.00. The lowest BCUT2D eigenvalue weighted by atomic mass is 10.0. The van der Waals surface area contributed by atoms with E-state index in [1.54, 1.807) is 0 Å². The molecule has 0 radical (unpaired) electrons. The average Bonchev–Trinajstić information content (AvgIpc) is 3.10. The highest BCUT2D eigenvalue weighted by molar-refractivity contribution is 4.77. The summed E-state index contributed by atoms with van der Waals surface area (Å²) in [7, 11) is 0. The maximum Gasteiger partial charge on any atom is 0.0107 e. The molecule has 0 aromatic heterocycles. The lowest BCUT2D eigenvalue weighted by Crippen LogP contribution is -2.37. The molecule has 0 aromatic rings. The van der Waals surface area contributed by atoms with Crippen LogP contribution in [0.5, 0.6) is 0 Å². The second kappa shape index (κ2) is 8.92. The Balaban J connectivity index is 2.05. The van der Waals surface area contributed by atoms with Gasteiger partial charge in [0.15, 0.2) is 0 Å². The second-order valence-corrected chi connectivity index (χ2v) is 6.57. The van der Waals surface area contributed by atoms with Gasteiger partial charge in [0.2, 0.25) is 0 Å². The Labute approximate surface area is 115 Å². The molecule has 0 bridgehead atoms. The van der Waals surface area contributed by atoms with Crippen molar-refractivity contribution in [1.29, 1.82) is 0 Å². The summed E-state index contributed by atoms with van der Waals surface area (Å²) in [5.41, 5.74) is 0. The van der Waals surface area contributed by atoms with Crippen LogP contribution in [0.1, 0.15) is 59.8 Å². The van der Waals surface area contributed by atoms with Gasteiger partial charge in [-0.2, -0.15) is 0 Å². The minimum Gasteiger partial charge on any atom is -0.313 e. The predicted octanol–water partition coefficient (Wildman–Crippen LogP) is 3.52. The van der Waals surface area contributed by atoms with Gasteiger partial charge in [-0.15, -0.1) is 0 Å². The molecular weight excluding hydrogens is 220 g/mol. The van der Waals surface area contributed by atoms with Crippen molar-refractivity contribution in [3.05, 3.63) is 0 Å². The quantitative estimate of drug-likeness (QED) is 0.607. The minimum atomic E-state index is 0.678. The van der Waals surface area contributed by atoms with Crippen molar-refractivity contribution in [2.45, 2.75) is 65.8 Å². The molecule has 1 rings (SSSR count). The highest BCUT2D eigenvalue weighted by Gasteiger charge is 2.23. The van der Waals surface area contributed by atoms with Crippen LogP contribution in [-0.4, -0.2) is 37.1 Å². The summed E-state index contributed by atoms with van der Waals surface area (Å²) in [4.78, 5) is 2.65. The first-order valence-electron chi connectivity index (χ1n) is 8.07. The van der Waals surface area contributed by atoms with E-state index in [1.165, 1.54) is 51.7 Å². The van der Waals surface area contributed by atoms with Crippen LogP contribution in [0.4, 0.5) is 0 Å². The lowest BCUT2D eigenvalue weighted by molar-refractivity contribution is 0.258. The van der Waals surface area contributed by atoms with Gasteiger partial charge in [-0.3, -0.25) is 0 Å². The Morgan fingerprint density at radius 3 is 2.39 bits per heavy atom. The third-order valence-corrected chi connectivity index (χ3v) is 3.85. The molecule has 1 atom stereocenters. The molecule has 1 saturated carbocycles. The zero-order valence-electron chi connectivity index (χ0n) is 13.0. The van der Waals surface area contributed by atoms with Gasteiger partial charge in [0.05, 0.1) is 0 Å². The van der Waals surface area contributed by atoms with Crippen molar-refractivity contribution in [3.63, 3.8) is 0 Å². The molecule has 0 amide bonds. The van der Waals surface area contributed by atoms with E-state index in [2.05, 4.69) is 37.9 Å². The van der Waals surface area contributed by atoms with Gasteiger partial charge < -0.3 is 10.2 Å². The van der Waals surface area contributed by atoms with E-state index < -0.39 is 0 Å².